The van der Waals surface area contributed by atoms with Gasteiger partial charge in [0.25, 0.3) is 0 Å². The lowest BCUT2D eigenvalue weighted by molar-refractivity contribution is -0.133. The van der Waals surface area contributed by atoms with Gasteiger partial charge in [-0.25, -0.2) is 0 Å². The smallest absolute Gasteiger partial charge is 0.308 e. The second-order valence-electron chi connectivity index (χ2n) is 5.93. The molecule has 3 rings (SSSR count). The molecule has 1 aliphatic rings. The second-order valence-corrected chi connectivity index (χ2v) is 6.93. The third-order valence-electron chi connectivity index (χ3n) is 4.26. The van der Waals surface area contributed by atoms with E-state index in [0.29, 0.717) is 6.04 Å². The van der Waals surface area contributed by atoms with E-state index in [1.165, 1.54) is 11.3 Å². The first-order valence-corrected chi connectivity index (χ1v) is 8.48. The fraction of sp³-hybridized carbons (Fsp3) is 0.500. The molecular weight excluding hydrogens is 298 g/mol. The van der Waals surface area contributed by atoms with Crippen LogP contribution in [-0.4, -0.2) is 52.5 Å². The predicted octanol–water partition coefficient (Wildman–Crippen LogP) is 1.62. The molecule has 0 saturated carbocycles. The number of para-hydroxylation sites is 1. The van der Waals surface area contributed by atoms with Gasteiger partial charge in [-0.15, -0.1) is 0 Å². The Labute approximate surface area is 133 Å². The van der Waals surface area contributed by atoms with Crippen molar-refractivity contribution < 1.29 is 4.79 Å². The van der Waals surface area contributed by atoms with Gasteiger partial charge in [0.15, 0.2) is 0 Å². The Bertz CT molecular complexity index is 726. The molecule has 0 bridgehead atoms. The lowest BCUT2D eigenvalue weighted by Gasteiger charge is -2.37. The van der Waals surface area contributed by atoms with Crippen LogP contribution >= 0.6 is 11.3 Å². The molecule has 0 radical (unpaired) electrons. The topological polar surface area (TPSA) is 45.5 Å². The number of benzene rings is 1. The number of rotatable bonds is 3. The fourth-order valence-corrected chi connectivity index (χ4v) is 3.78. The number of hydrogen-bond donors (Lipinski definition) is 0. The molecule has 0 unspecified atom stereocenters. The zero-order valence-corrected chi connectivity index (χ0v) is 13.8. The van der Waals surface area contributed by atoms with Crippen LogP contribution in [0.3, 0.4) is 0 Å². The van der Waals surface area contributed by atoms with E-state index >= 15 is 0 Å². The normalized spacial score (nSPS) is 16.6. The summed E-state index contributed by atoms with van der Waals surface area (Å²) >= 11 is 1.20. The van der Waals surface area contributed by atoms with E-state index in [1.54, 1.807) is 4.57 Å². The van der Waals surface area contributed by atoms with Crippen LogP contribution in [0.5, 0.6) is 0 Å². The molecule has 5 nitrogen and oxygen atoms in total. The quantitative estimate of drug-likeness (QED) is 0.863. The van der Waals surface area contributed by atoms with Gasteiger partial charge in [0, 0.05) is 32.2 Å². The Hall–Kier alpha value is -1.66. The van der Waals surface area contributed by atoms with Crippen molar-refractivity contribution in [1.29, 1.82) is 0 Å². The van der Waals surface area contributed by atoms with E-state index in [1.807, 2.05) is 29.2 Å². The fourth-order valence-electron chi connectivity index (χ4n) is 2.89. The molecule has 22 heavy (non-hydrogen) atoms. The first kappa shape index (κ1) is 15.2. The van der Waals surface area contributed by atoms with Crippen LogP contribution in [0.4, 0.5) is 0 Å². The minimum absolute atomic E-state index is 0.0362. The van der Waals surface area contributed by atoms with Gasteiger partial charge in [-0.1, -0.05) is 23.5 Å². The molecule has 1 saturated heterocycles. The number of hydrogen-bond acceptors (Lipinski definition) is 4. The van der Waals surface area contributed by atoms with Crippen molar-refractivity contribution in [1.82, 2.24) is 14.4 Å². The molecule has 1 fully saturated rings. The third-order valence-corrected chi connectivity index (χ3v) is 5.22. The summed E-state index contributed by atoms with van der Waals surface area (Å²) in [7, 11) is 0. The van der Waals surface area contributed by atoms with Crippen LogP contribution < -0.4 is 4.87 Å². The molecule has 6 heteroatoms. The van der Waals surface area contributed by atoms with Crippen LogP contribution in [0.2, 0.25) is 0 Å². The Balaban J connectivity index is 1.72. The largest absolute Gasteiger partial charge is 0.339 e. The highest BCUT2D eigenvalue weighted by molar-refractivity contribution is 7.16. The van der Waals surface area contributed by atoms with Gasteiger partial charge in [0.2, 0.25) is 5.91 Å². The van der Waals surface area contributed by atoms with E-state index in [9.17, 15) is 9.59 Å². The van der Waals surface area contributed by atoms with E-state index in [4.69, 9.17) is 0 Å². The molecule has 1 aliphatic heterocycles. The Morgan fingerprint density at radius 1 is 1.18 bits per heavy atom. The zero-order chi connectivity index (χ0) is 15.7. The summed E-state index contributed by atoms with van der Waals surface area (Å²) < 4.78 is 2.53. The average Bonchev–Trinajstić information content (AvgIpc) is 2.83. The number of nitrogens with zero attached hydrogens (tertiary/aromatic N) is 3. The Morgan fingerprint density at radius 2 is 1.86 bits per heavy atom. The highest BCUT2D eigenvalue weighted by atomic mass is 32.1. The maximum atomic E-state index is 12.5. The minimum Gasteiger partial charge on any atom is -0.339 e. The minimum atomic E-state index is -0.0598. The monoisotopic (exact) mass is 319 g/mol. The van der Waals surface area contributed by atoms with Crippen LogP contribution in [0.1, 0.15) is 13.8 Å². The van der Waals surface area contributed by atoms with E-state index < -0.39 is 0 Å². The van der Waals surface area contributed by atoms with Crippen molar-refractivity contribution in [3.63, 3.8) is 0 Å². The first-order chi connectivity index (χ1) is 10.6. The molecule has 0 spiro atoms. The van der Waals surface area contributed by atoms with E-state index in [-0.39, 0.29) is 17.3 Å². The van der Waals surface area contributed by atoms with Crippen molar-refractivity contribution in [3.05, 3.63) is 33.9 Å². The van der Waals surface area contributed by atoms with Gasteiger partial charge in [0.05, 0.1) is 10.2 Å². The van der Waals surface area contributed by atoms with Crippen LogP contribution in [0, 0.1) is 0 Å². The summed E-state index contributed by atoms with van der Waals surface area (Å²) in [6.07, 6.45) is 0. The molecule has 1 aromatic heterocycles. The Kier molecular flexibility index (Phi) is 4.31. The summed E-state index contributed by atoms with van der Waals surface area (Å²) in [5, 5.41) is 0. The third kappa shape index (κ3) is 2.94. The van der Waals surface area contributed by atoms with Crippen molar-refractivity contribution in [2.24, 2.45) is 0 Å². The van der Waals surface area contributed by atoms with Crippen molar-refractivity contribution in [3.8, 4) is 0 Å². The van der Waals surface area contributed by atoms with Crippen molar-refractivity contribution >= 4 is 27.5 Å². The average molecular weight is 319 g/mol. The first-order valence-electron chi connectivity index (χ1n) is 7.66. The van der Waals surface area contributed by atoms with Crippen molar-refractivity contribution in [2.75, 3.05) is 26.2 Å². The zero-order valence-electron chi connectivity index (χ0n) is 13.0. The maximum Gasteiger partial charge on any atom is 0.308 e. The summed E-state index contributed by atoms with van der Waals surface area (Å²) in [4.78, 5) is 28.8. The highest BCUT2D eigenvalue weighted by Crippen LogP contribution is 2.16. The van der Waals surface area contributed by atoms with Gasteiger partial charge < -0.3 is 4.90 Å². The Morgan fingerprint density at radius 3 is 2.55 bits per heavy atom. The van der Waals surface area contributed by atoms with Crippen LogP contribution in [-0.2, 0) is 11.3 Å². The molecule has 0 N–H and O–H groups in total. The number of piperazine rings is 1. The van der Waals surface area contributed by atoms with Gasteiger partial charge in [-0.2, -0.15) is 0 Å². The summed E-state index contributed by atoms with van der Waals surface area (Å²) in [6.45, 7) is 7.79. The van der Waals surface area contributed by atoms with Crippen LogP contribution in [0.25, 0.3) is 10.2 Å². The molecule has 0 atom stereocenters. The van der Waals surface area contributed by atoms with E-state index in [0.717, 1.165) is 36.4 Å². The number of thiazole rings is 1. The number of amides is 1. The van der Waals surface area contributed by atoms with Gasteiger partial charge in [-0.05, 0) is 26.0 Å². The lowest BCUT2D eigenvalue weighted by Crippen LogP contribution is -2.51. The number of fused-ring (bicyclic) bond motifs is 1. The summed E-state index contributed by atoms with van der Waals surface area (Å²) in [6, 6.07) is 8.15. The van der Waals surface area contributed by atoms with Gasteiger partial charge >= 0.3 is 4.87 Å². The standard InChI is InChI=1S/C16H21N3O2S/c1-12(2)17-7-9-18(10-8-17)15(20)11-19-13-5-3-4-6-14(13)22-16(19)21/h3-6,12H,7-11H2,1-2H3. The number of carbonyl (C=O) groups is 1. The highest BCUT2D eigenvalue weighted by Gasteiger charge is 2.23. The number of aromatic nitrogens is 1. The van der Waals surface area contributed by atoms with Gasteiger partial charge in [0.1, 0.15) is 6.54 Å². The molecule has 0 aliphatic carbocycles. The van der Waals surface area contributed by atoms with Gasteiger partial charge in [-0.3, -0.25) is 19.1 Å². The molecule has 118 valence electrons. The van der Waals surface area contributed by atoms with E-state index in [2.05, 4.69) is 18.7 Å². The molecule has 1 aromatic carbocycles. The van der Waals surface area contributed by atoms with Crippen LogP contribution in [0.15, 0.2) is 29.1 Å². The number of carbonyl (C=O) groups excluding carboxylic acids is 1. The molecular formula is C16H21N3O2S. The predicted molar refractivity (Wildman–Crippen MR) is 89.4 cm³/mol. The summed E-state index contributed by atoms with van der Waals surface area (Å²) in [5.74, 6) is 0.0362. The SMILES string of the molecule is CC(C)N1CCN(C(=O)Cn2c(=O)sc3ccccc32)CC1. The molecule has 2 aromatic rings. The lowest BCUT2D eigenvalue weighted by atomic mass is 10.2. The van der Waals surface area contributed by atoms with Crippen molar-refractivity contribution in [2.45, 2.75) is 26.4 Å². The molecule has 1 amide bonds. The summed E-state index contributed by atoms with van der Waals surface area (Å²) in [5.41, 5.74) is 0.853. The second kappa shape index (κ2) is 6.22. The maximum absolute atomic E-state index is 12.5. The molecule has 2 heterocycles.